The summed E-state index contributed by atoms with van der Waals surface area (Å²) in [4.78, 5) is 14.6. The van der Waals surface area contributed by atoms with Gasteiger partial charge in [0.15, 0.2) is 5.78 Å². The number of carbonyl (C=O) groups excluding carboxylic acids is 1. The third-order valence-corrected chi connectivity index (χ3v) is 4.38. The number of allylic oxidation sites excluding steroid dienone is 5. The standard InChI is InChI=1S/C19H27N3O.C8H13NO/c1-6-18(7-15(4)21-5)22-19-9-16(11-20)8-17(10-19)13-23-12-14(2)3;1-6(2)8(5-9-4)7(3)10/h6-10,14,21-22H,12-13H2,1-5H3;5H,1-4H3/b15-7+,18-6+;. The molecule has 0 saturated carbocycles. The van der Waals surface area contributed by atoms with Gasteiger partial charge in [0.25, 0.3) is 0 Å². The number of nitriles is 1. The third-order valence-electron chi connectivity index (χ3n) is 4.38. The van der Waals surface area contributed by atoms with E-state index in [9.17, 15) is 10.1 Å². The van der Waals surface area contributed by atoms with Gasteiger partial charge in [-0.2, -0.15) is 5.26 Å². The molecule has 0 bridgehead atoms. The van der Waals surface area contributed by atoms with E-state index in [4.69, 9.17) is 4.74 Å². The van der Waals surface area contributed by atoms with Crippen LogP contribution in [-0.4, -0.2) is 32.7 Å². The van der Waals surface area contributed by atoms with Gasteiger partial charge in [0.2, 0.25) is 0 Å². The quantitative estimate of drug-likeness (QED) is 0.267. The van der Waals surface area contributed by atoms with Crippen molar-refractivity contribution in [3.05, 3.63) is 64.0 Å². The van der Waals surface area contributed by atoms with E-state index in [0.29, 0.717) is 30.3 Å². The predicted octanol–water partition coefficient (Wildman–Crippen LogP) is 5.78. The fraction of sp³-hybridized carbons (Fsp3) is 0.444. The summed E-state index contributed by atoms with van der Waals surface area (Å²) in [6.45, 7) is 14.8. The second-order valence-electron chi connectivity index (χ2n) is 8.24. The van der Waals surface area contributed by atoms with Gasteiger partial charge in [-0.3, -0.25) is 9.79 Å². The van der Waals surface area contributed by atoms with Crippen molar-refractivity contribution in [1.29, 1.82) is 5.26 Å². The summed E-state index contributed by atoms with van der Waals surface area (Å²) in [7, 11) is 3.55. The molecule has 1 aromatic carbocycles. The summed E-state index contributed by atoms with van der Waals surface area (Å²) in [6.07, 6.45) is 5.61. The Hall–Kier alpha value is -3.17. The van der Waals surface area contributed by atoms with Gasteiger partial charge in [-0.05, 0) is 70.4 Å². The number of hydrogen-bond acceptors (Lipinski definition) is 6. The maximum atomic E-state index is 10.8. The zero-order chi connectivity index (χ0) is 25.4. The Balaban J connectivity index is 0.000000861. The van der Waals surface area contributed by atoms with E-state index in [1.165, 1.54) is 0 Å². The molecule has 0 atom stereocenters. The fourth-order valence-corrected chi connectivity index (χ4v) is 2.69. The second kappa shape index (κ2) is 16.5. The molecule has 0 heterocycles. The number of anilines is 1. The van der Waals surface area contributed by atoms with E-state index in [2.05, 4.69) is 35.5 Å². The van der Waals surface area contributed by atoms with Crippen LogP contribution in [0.4, 0.5) is 5.69 Å². The van der Waals surface area contributed by atoms with Crippen molar-refractivity contribution in [1.82, 2.24) is 5.32 Å². The first-order chi connectivity index (χ1) is 15.6. The highest BCUT2D eigenvalue weighted by molar-refractivity contribution is 6.12. The highest BCUT2D eigenvalue weighted by Crippen LogP contribution is 2.18. The number of rotatable bonds is 10. The number of benzene rings is 1. The number of aliphatic imine (C=N–C) groups is 1. The van der Waals surface area contributed by atoms with Crippen molar-refractivity contribution in [3.63, 3.8) is 0 Å². The molecular weight excluding hydrogens is 412 g/mol. The minimum absolute atomic E-state index is 0.0746. The van der Waals surface area contributed by atoms with Crippen LogP contribution in [0.1, 0.15) is 59.6 Å². The molecule has 6 heteroatoms. The van der Waals surface area contributed by atoms with Gasteiger partial charge in [-0.25, -0.2) is 0 Å². The number of hydrogen-bond donors (Lipinski definition) is 2. The first kappa shape index (κ1) is 29.8. The molecule has 1 rings (SSSR count). The molecule has 6 nitrogen and oxygen atoms in total. The molecule has 0 aliphatic rings. The van der Waals surface area contributed by atoms with Crippen LogP contribution in [0.5, 0.6) is 0 Å². The zero-order valence-corrected chi connectivity index (χ0v) is 21.7. The molecule has 0 amide bonds. The number of ketones is 1. The average molecular weight is 453 g/mol. The van der Waals surface area contributed by atoms with Gasteiger partial charge in [-0.15, -0.1) is 0 Å². The van der Waals surface area contributed by atoms with Crippen LogP contribution < -0.4 is 10.6 Å². The first-order valence-corrected chi connectivity index (χ1v) is 11.1. The van der Waals surface area contributed by atoms with Crippen LogP contribution in [0, 0.1) is 17.2 Å². The molecule has 180 valence electrons. The summed E-state index contributed by atoms with van der Waals surface area (Å²) in [5.41, 5.74) is 6.27. The van der Waals surface area contributed by atoms with Gasteiger partial charge in [0, 0.05) is 49.6 Å². The van der Waals surface area contributed by atoms with Crippen molar-refractivity contribution in [2.45, 2.75) is 55.1 Å². The van der Waals surface area contributed by atoms with E-state index in [1.54, 1.807) is 20.2 Å². The molecule has 0 unspecified atom stereocenters. The fourth-order valence-electron chi connectivity index (χ4n) is 2.69. The van der Waals surface area contributed by atoms with Gasteiger partial charge in [0.05, 0.1) is 18.2 Å². The summed E-state index contributed by atoms with van der Waals surface area (Å²) in [6, 6.07) is 7.94. The maximum Gasteiger partial charge on any atom is 0.161 e. The molecule has 0 spiro atoms. The molecular formula is C27H40N4O2. The molecule has 0 radical (unpaired) electrons. The third kappa shape index (κ3) is 13.1. The first-order valence-electron chi connectivity index (χ1n) is 11.1. The lowest BCUT2D eigenvalue weighted by Gasteiger charge is -2.12. The number of ether oxygens (including phenoxy) is 1. The Morgan fingerprint density at radius 2 is 1.88 bits per heavy atom. The van der Waals surface area contributed by atoms with E-state index in [1.807, 2.05) is 65.1 Å². The highest BCUT2D eigenvalue weighted by atomic mass is 16.5. The number of nitrogens with zero attached hydrogens (tertiary/aromatic N) is 2. The number of carbonyl (C=O) groups is 1. The SMILES string of the molecule is C/C=C(\C=C(/C)NC)Nc1cc(C#N)cc(COCC(C)C)c1.CN=CC(C(C)=O)=C(C)C. The molecule has 33 heavy (non-hydrogen) atoms. The Morgan fingerprint density at radius 3 is 2.30 bits per heavy atom. The van der Waals surface area contributed by atoms with E-state index >= 15 is 0 Å². The van der Waals surface area contributed by atoms with Crippen LogP contribution in [0.3, 0.4) is 0 Å². The molecule has 0 saturated heterocycles. The van der Waals surface area contributed by atoms with E-state index < -0.39 is 0 Å². The Labute approximate surface area is 200 Å². The van der Waals surface area contributed by atoms with Crippen LogP contribution in [-0.2, 0) is 16.1 Å². The smallest absolute Gasteiger partial charge is 0.161 e. The van der Waals surface area contributed by atoms with Crippen molar-refractivity contribution in [3.8, 4) is 6.07 Å². The van der Waals surface area contributed by atoms with Crippen LogP contribution in [0.25, 0.3) is 0 Å². The van der Waals surface area contributed by atoms with E-state index in [0.717, 1.165) is 28.2 Å². The monoisotopic (exact) mass is 452 g/mol. The van der Waals surface area contributed by atoms with E-state index in [-0.39, 0.29) is 5.78 Å². The normalized spacial score (nSPS) is 11.5. The molecule has 1 aromatic rings. The summed E-state index contributed by atoms with van der Waals surface area (Å²) >= 11 is 0. The lowest BCUT2D eigenvalue weighted by atomic mass is 10.1. The van der Waals surface area contributed by atoms with Crippen LogP contribution in [0.15, 0.2) is 57.9 Å². The molecule has 2 N–H and O–H groups in total. The topological polar surface area (TPSA) is 86.5 Å². The van der Waals surface area contributed by atoms with Gasteiger partial charge < -0.3 is 15.4 Å². The lowest BCUT2D eigenvalue weighted by molar-refractivity contribution is -0.113. The molecule has 0 aromatic heterocycles. The number of Topliss-reactive ketones (excluding diaryl/α,β-unsaturated/α-hetero) is 1. The predicted molar refractivity (Wildman–Crippen MR) is 139 cm³/mol. The summed E-state index contributed by atoms with van der Waals surface area (Å²) in [5.74, 6) is 0.571. The molecule has 0 aliphatic heterocycles. The zero-order valence-electron chi connectivity index (χ0n) is 21.7. The Bertz CT molecular complexity index is 928. The molecule has 0 aliphatic carbocycles. The van der Waals surface area contributed by atoms with Gasteiger partial charge in [0.1, 0.15) is 0 Å². The van der Waals surface area contributed by atoms with Gasteiger partial charge >= 0.3 is 0 Å². The van der Waals surface area contributed by atoms with Gasteiger partial charge in [-0.1, -0.05) is 25.5 Å². The van der Waals surface area contributed by atoms with Crippen LogP contribution in [0.2, 0.25) is 0 Å². The second-order valence-corrected chi connectivity index (χ2v) is 8.24. The van der Waals surface area contributed by atoms with Crippen LogP contribution >= 0.6 is 0 Å². The summed E-state index contributed by atoms with van der Waals surface area (Å²) in [5, 5.41) is 15.7. The maximum absolute atomic E-state index is 10.8. The minimum atomic E-state index is 0.0746. The van der Waals surface area contributed by atoms with Crippen molar-refractivity contribution < 1.29 is 9.53 Å². The Kier molecular flexibility index (Phi) is 14.9. The lowest BCUT2D eigenvalue weighted by Crippen LogP contribution is -2.06. The average Bonchev–Trinajstić information content (AvgIpc) is 2.76. The summed E-state index contributed by atoms with van der Waals surface area (Å²) < 4.78 is 5.68. The van der Waals surface area contributed by atoms with Crippen molar-refractivity contribution >= 4 is 17.7 Å². The Morgan fingerprint density at radius 1 is 1.21 bits per heavy atom. The highest BCUT2D eigenvalue weighted by Gasteiger charge is 2.04. The van der Waals surface area contributed by atoms with Crippen molar-refractivity contribution in [2.24, 2.45) is 10.9 Å². The molecule has 0 fully saturated rings. The van der Waals surface area contributed by atoms with Crippen molar-refractivity contribution in [2.75, 3.05) is 26.0 Å². The minimum Gasteiger partial charge on any atom is -0.392 e. The number of nitrogens with one attached hydrogen (secondary N) is 2. The largest absolute Gasteiger partial charge is 0.392 e.